The highest BCUT2D eigenvalue weighted by Crippen LogP contribution is 2.35. The first kappa shape index (κ1) is 34.0. The number of ether oxygens (including phenoxy) is 2. The fraction of sp³-hybridized carbons (Fsp3) is 0.361. The molecular weight excluding hydrogens is 614 g/mol. The van der Waals surface area contributed by atoms with Gasteiger partial charge in [-0.1, -0.05) is 60.7 Å². The van der Waals surface area contributed by atoms with Gasteiger partial charge >= 0.3 is 0 Å². The van der Waals surface area contributed by atoms with Crippen LogP contribution in [0.3, 0.4) is 0 Å². The van der Waals surface area contributed by atoms with Gasteiger partial charge < -0.3 is 36.1 Å². The first-order valence-electron chi connectivity index (χ1n) is 16.0. The standard InChI is InChI=1S/C36H41N5O7/c1-23-32(43)40-29(20-24-8-4-3-5-9-24)34(45)41-36(16-17-36)35(46)37-18-19-48-27-14-12-25(13-15-27)21-28(33(44)38-23)39-31(42)22-26-10-6-7-11-30(26)47-2/h3-15,23,28-29H,16-22H2,1-2H3,(H,37,46)(H,38,44)(H,39,42)(H,40,43)(H,41,45)/t23-,28-,29+/m0/s1. The Morgan fingerprint density at radius 1 is 0.896 bits per heavy atom. The number of carbonyl (C=O) groups excluding carboxylic acids is 5. The predicted octanol–water partition coefficient (Wildman–Crippen LogP) is 1.35. The number of methoxy groups -OCH3 is 1. The van der Waals surface area contributed by atoms with Gasteiger partial charge in [0.15, 0.2) is 0 Å². The van der Waals surface area contributed by atoms with Crippen LogP contribution >= 0.6 is 0 Å². The van der Waals surface area contributed by atoms with Crippen molar-refractivity contribution in [2.75, 3.05) is 20.3 Å². The van der Waals surface area contributed by atoms with Crippen LogP contribution in [0, 0.1) is 0 Å². The van der Waals surface area contributed by atoms with Crippen molar-refractivity contribution in [2.24, 2.45) is 0 Å². The molecular formula is C36H41N5O7. The molecule has 2 aliphatic heterocycles. The van der Waals surface area contributed by atoms with Gasteiger partial charge in [-0.2, -0.15) is 0 Å². The van der Waals surface area contributed by atoms with Gasteiger partial charge in [0, 0.05) is 18.4 Å². The maximum absolute atomic E-state index is 13.7. The van der Waals surface area contributed by atoms with Crippen LogP contribution in [-0.2, 0) is 43.2 Å². The molecule has 1 fully saturated rings. The van der Waals surface area contributed by atoms with E-state index in [0.717, 1.165) is 11.1 Å². The number of fused-ring (bicyclic) bond motifs is 15. The van der Waals surface area contributed by atoms with Gasteiger partial charge in [-0.15, -0.1) is 0 Å². The second kappa shape index (κ2) is 15.5. The molecule has 5 N–H and O–H groups in total. The number of nitrogens with one attached hydrogen (secondary N) is 5. The van der Waals surface area contributed by atoms with Crippen LogP contribution in [0.4, 0.5) is 0 Å². The van der Waals surface area contributed by atoms with E-state index in [2.05, 4.69) is 26.6 Å². The quantitative estimate of drug-likeness (QED) is 0.250. The lowest BCUT2D eigenvalue weighted by Gasteiger charge is -2.25. The average molecular weight is 656 g/mol. The molecule has 1 spiro atoms. The molecule has 3 atom stereocenters. The van der Waals surface area contributed by atoms with Crippen molar-refractivity contribution in [3.63, 3.8) is 0 Å². The number of rotatable bonds is 6. The molecule has 0 saturated heterocycles. The van der Waals surface area contributed by atoms with Gasteiger partial charge in [-0.05, 0) is 49.1 Å². The molecule has 5 amide bonds. The number of para-hydroxylation sites is 1. The minimum Gasteiger partial charge on any atom is -0.496 e. The minimum absolute atomic E-state index is 0.0229. The Hall–Kier alpha value is -5.39. The van der Waals surface area contributed by atoms with Crippen LogP contribution in [0.15, 0.2) is 78.9 Å². The van der Waals surface area contributed by atoms with Crippen LogP contribution in [-0.4, -0.2) is 73.5 Å². The van der Waals surface area contributed by atoms with Crippen molar-refractivity contribution in [2.45, 2.75) is 62.7 Å². The summed E-state index contributed by atoms with van der Waals surface area (Å²) in [6.45, 7) is 1.93. The monoisotopic (exact) mass is 655 g/mol. The van der Waals surface area contributed by atoms with E-state index in [1.807, 2.05) is 30.3 Å². The summed E-state index contributed by atoms with van der Waals surface area (Å²) in [5.41, 5.74) is 1.15. The van der Waals surface area contributed by atoms with Crippen LogP contribution in [0.25, 0.3) is 0 Å². The molecule has 48 heavy (non-hydrogen) atoms. The Balaban J connectivity index is 1.37. The van der Waals surface area contributed by atoms with E-state index in [-0.39, 0.29) is 38.3 Å². The second-order valence-electron chi connectivity index (χ2n) is 12.1. The largest absolute Gasteiger partial charge is 0.496 e. The summed E-state index contributed by atoms with van der Waals surface area (Å²) in [6, 6.07) is 20.3. The third kappa shape index (κ3) is 8.90. The zero-order valence-electron chi connectivity index (χ0n) is 27.0. The molecule has 3 aromatic rings. The molecule has 12 nitrogen and oxygen atoms in total. The molecule has 6 rings (SSSR count). The summed E-state index contributed by atoms with van der Waals surface area (Å²) in [4.78, 5) is 66.9. The van der Waals surface area contributed by atoms with Gasteiger partial charge in [0.1, 0.15) is 41.8 Å². The van der Waals surface area contributed by atoms with Gasteiger partial charge in [0.2, 0.25) is 29.5 Å². The van der Waals surface area contributed by atoms with Crippen molar-refractivity contribution in [3.8, 4) is 11.5 Å². The maximum Gasteiger partial charge on any atom is 0.245 e. The van der Waals surface area contributed by atoms with Crippen molar-refractivity contribution < 1.29 is 33.4 Å². The summed E-state index contributed by atoms with van der Waals surface area (Å²) in [6.07, 6.45) is 1.22. The fourth-order valence-corrected chi connectivity index (χ4v) is 5.53. The third-order valence-electron chi connectivity index (χ3n) is 8.43. The average Bonchev–Trinajstić information content (AvgIpc) is 3.87. The molecule has 0 radical (unpaired) electrons. The Bertz CT molecular complexity index is 1630. The van der Waals surface area contributed by atoms with E-state index in [1.54, 1.807) is 48.5 Å². The maximum atomic E-state index is 13.7. The Kier molecular flexibility index (Phi) is 10.9. The summed E-state index contributed by atoms with van der Waals surface area (Å²) < 4.78 is 11.2. The number of carbonyl (C=O) groups is 5. The molecule has 1 saturated carbocycles. The number of benzene rings is 3. The van der Waals surface area contributed by atoms with E-state index in [4.69, 9.17) is 9.47 Å². The highest BCUT2D eigenvalue weighted by Gasteiger charge is 2.51. The number of hydrogen-bond acceptors (Lipinski definition) is 7. The van der Waals surface area contributed by atoms with E-state index in [0.29, 0.717) is 29.9 Å². The van der Waals surface area contributed by atoms with Crippen molar-refractivity contribution >= 4 is 29.5 Å². The minimum atomic E-state index is -1.06. The summed E-state index contributed by atoms with van der Waals surface area (Å²) in [5.74, 6) is -1.27. The normalized spacial score (nSPS) is 21.5. The molecule has 1 aliphatic carbocycles. The lowest BCUT2D eigenvalue weighted by molar-refractivity contribution is -0.134. The van der Waals surface area contributed by atoms with Crippen molar-refractivity contribution in [3.05, 3.63) is 95.6 Å². The van der Waals surface area contributed by atoms with Gasteiger partial charge in [-0.3, -0.25) is 24.0 Å². The van der Waals surface area contributed by atoms with Crippen LogP contribution in [0.5, 0.6) is 11.5 Å². The number of amides is 5. The zero-order valence-corrected chi connectivity index (χ0v) is 27.0. The highest BCUT2D eigenvalue weighted by atomic mass is 16.5. The lowest BCUT2D eigenvalue weighted by atomic mass is 10.0. The van der Waals surface area contributed by atoms with Gasteiger partial charge in [-0.25, -0.2) is 0 Å². The Morgan fingerprint density at radius 3 is 2.31 bits per heavy atom. The Morgan fingerprint density at radius 2 is 1.60 bits per heavy atom. The molecule has 3 aliphatic rings. The second-order valence-corrected chi connectivity index (χ2v) is 12.1. The zero-order chi connectivity index (χ0) is 34.1. The van der Waals surface area contributed by atoms with Crippen LogP contribution < -0.4 is 36.1 Å². The topological polar surface area (TPSA) is 164 Å². The molecule has 0 unspecified atom stereocenters. The van der Waals surface area contributed by atoms with Crippen molar-refractivity contribution in [1.29, 1.82) is 0 Å². The molecule has 252 valence electrons. The Labute approximate surface area is 279 Å². The summed E-state index contributed by atoms with van der Waals surface area (Å²) >= 11 is 0. The smallest absolute Gasteiger partial charge is 0.245 e. The van der Waals surface area contributed by atoms with Gasteiger partial charge in [0.05, 0.1) is 20.1 Å². The molecule has 0 aromatic heterocycles. The first-order chi connectivity index (χ1) is 23.2. The molecule has 3 aromatic carbocycles. The third-order valence-corrected chi connectivity index (χ3v) is 8.43. The first-order valence-corrected chi connectivity index (χ1v) is 16.0. The number of hydrogen-bond donors (Lipinski definition) is 5. The molecule has 2 bridgehead atoms. The summed E-state index contributed by atoms with van der Waals surface area (Å²) in [5, 5.41) is 14.0. The predicted molar refractivity (Wildman–Crippen MR) is 177 cm³/mol. The van der Waals surface area contributed by atoms with E-state index >= 15 is 0 Å². The summed E-state index contributed by atoms with van der Waals surface area (Å²) in [7, 11) is 1.52. The van der Waals surface area contributed by atoms with E-state index in [1.165, 1.54) is 14.0 Å². The fourth-order valence-electron chi connectivity index (χ4n) is 5.53. The van der Waals surface area contributed by atoms with Gasteiger partial charge in [0.25, 0.3) is 0 Å². The van der Waals surface area contributed by atoms with Crippen LogP contribution in [0.1, 0.15) is 36.5 Å². The molecule has 2 heterocycles. The highest BCUT2D eigenvalue weighted by molar-refractivity contribution is 5.98. The van der Waals surface area contributed by atoms with Crippen molar-refractivity contribution in [1.82, 2.24) is 26.6 Å². The van der Waals surface area contributed by atoms with E-state index in [9.17, 15) is 24.0 Å². The SMILES string of the molecule is COc1ccccc1CC(=O)N[C@H]1Cc2ccc(cc2)OCCNC(=O)C2(CC2)NC(=O)[C@@H](Cc2ccccc2)NC(=O)[C@H](C)NC1=O. The van der Waals surface area contributed by atoms with E-state index < -0.39 is 47.3 Å². The van der Waals surface area contributed by atoms with Crippen LogP contribution in [0.2, 0.25) is 0 Å². The lowest BCUT2D eigenvalue weighted by Crippen LogP contribution is -2.59. The molecule has 12 heteroatoms.